The third-order valence-corrected chi connectivity index (χ3v) is 4.63. The molecule has 3 nitrogen and oxygen atoms in total. The van der Waals surface area contributed by atoms with Crippen LogP contribution < -0.4 is 5.32 Å². The van der Waals surface area contributed by atoms with Gasteiger partial charge in [0.1, 0.15) is 5.82 Å². The first kappa shape index (κ1) is 17.1. The Kier molecular flexibility index (Phi) is 5.96. The molecule has 128 valence electrons. The molecule has 0 aliphatic carbocycles. The first-order valence-corrected chi connectivity index (χ1v) is 8.50. The van der Waals surface area contributed by atoms with E-state index in [9.17, 15) is 9.50 Å². The van der Waals surface area contributed by atoms with Crippen LogP contribution in [-0.4, -0.2) is 18.3 Å². The minimum atomic E-state index is -0.357. The molecule has 1 fully saturated rings. The fourth-order valence-corrected chi connectivity index (χ4v) is 3.23. The van der Waals surface area contributed by atoms with E-state index in [0.717, 1.165) is 31.6 Å². The van der Waals surface area contributed by atoms with Crippen LogP contribution in [0.25, 0.3) is 0 Å². The lowest BCUT2D eigenvalue weighted by Crippen LogP contribution is -2.24. The van der Waals surface area contributed by atoms with Gasteiger partial charge in [0, 0.05) is 31.4 Å². The third-order valence-electron chi connectivity index (χ3n) is 4.63. The number of rotatable bonds is 7. The summed E-state index contributed by atoms with van der Waals surface area (Å²) < 4.78 is 19.0. The first-order valence-electron chi connectivity index (χ1n) is 8.50. The number of hydrogen-bond acceptors (Lipinski definition) is 3. The van der Waals surface area contributed by atoms with Crippen LogP contribution in [0, 0.1) is 11.7 Å². The van der Waals surface area contributed by atoms with Gasteiger partial charge in [-0.1, -0.05) is 36.4 Å². The number of ether oxygens (including phenoxy) is 1. The molecule has 0 bridgehead atoms. The maximum absolute atomic E-state index is 13.5. The normalized spacial score (nSPS) is 18.7. The zero-order valence-electron chi connectivity index (χ0n) is 13.7. The second-order valence-electron chi connectivity index (χ2n) is 6.39. The van der Waals surface area contributed by atoms with E-state index in [1.165, 1.54) is 11.6 Å². The van der Waals surface area contributed by atoms with Crippen LogP contribution in [0.4, 0.5) is 4.39 Å². The highest BCUT2D eigenvalue weighted by Gasteiger charge is 2.21. The van der Waals surface area contributed by atoms with E-state index in [4.69, 9.17) is 4.74 Å². The maximum Gasteiger partial charge on any atom is 0.128 e. The average Bonchev–Trinajstić information content (AvgIpc) is 3.13. The number of nitrogens with one attached hydrogen (secondary N) is 1. The Morgan fingerprint density at radius 2 is 2.04 bits per heavy atom. The lowest BCUT2D eigenvalue weighted by molar-refractivity contribution is 0.181. The monoisotopic (exact) mass is 329 g/mol. The van der Waals surface area contributed by atoms with Crippen molar-refractivity contribution in [3.8, 4) is 0 Å². The predicted octanol–water partition coefficient (Wildman–Crippen LogP) is 3.58. The molecule has 2 atom stereocenters. The second-order valence-corrected chi connectivity index (χ2v) is 6.39. The highest BCUT2D eigenvalue weighted by atomic mass is 19.1. The number of hydrogen-bond donors (Lipinski definition) is 2. The number of benzene rings is 2. The number of halogens is 1. The minimum absolute atomic E-state index is 0.237. The van der Waals surface area contributed by atoms with Gasteiger partial charge in [0.15, 0.2) is 0 Å². The first-order chi connectivity index (χ1) is 11.8. The fraction of sp³-hybridized carbons (Fsp3) is 0.400. The predicted molar refractivity (Wildman–Crippen MR) is 91.9 cm³/mol. The molecule has 2 N–H and O–H groups in total. The molecule has 0 saturated carbocycles. The Morgan fingerprint density at radius 1 is 1.21 bits per heavy atom. The number of aliphatic hydroxyl groups excluding tert-OH is 1. The van der Waals surface area contributed by atoms with Gasteiger partial charge in [-0.05, 0) is 42.0 Å². The summed E-state index contributed by atoms with van der Waals surface area (Å²) in [7, 11) is 0. The summed E-state index contributed by atoms with van der Waals surface area (Å²) in [6.07, 6.45) is 2.13. The molecule has 0 aromatic heterocycles. The molecule has 0 radical (unpaired) electrons. The summed E-state index contributed by atoms with van der Waals surface area (Å²) in [6.45, 7) is 2.04. The summed E-state index contributed by atoms with van der Waals surface area (Å²) in [4.78, 5) is 0. The highest BCUT2D eigenvalue weighted by molar-refractivity contribution is 5.25. The summed E-state index contributed by atoms with van der Waals surface area (Å²) in [5.41, 5.74) is 2.58. The Hall–Kier alpha value is -1.75. The lowest BCUT2D eigenvalue weighted by Gasteiger charge is -2.22. The van der Waals surface area contributed by atoms with Crippen LogP contribution >= 0.6 is 0 Å². The van der Waals surface area contributed by atoms with Crippen LogP contribution in [0.2, 0.25) is 0 Å². The van der Waals surface area contributed by atoms with Gasteiger partial charge >= 0.3 is 0 Å². The van der Waals surface area contributed by atoms with E-state index in [-0.39, 0.29) is 18.5 Å². The molecular weight excluding hydrogens is 305 g/mol. The molecule has 1 heterocycles. The zero-order chi connectivity index (χ0) is 16.8. The van der Waals surface area contributed by atoms with Crippen LogP contribution in [0.1, 0.15) is 35.6 Å². The lowest BCUT2D eigenvalue weighted by atomic mass is 9.94. The molecule has 24 heavy (non-hydrogen) atoms. The van der Waals surface area contributed by atoms with Gasteiger partial charge < -0.3 is 15.2 Å². The fourth-order valence-electron chi connectivity index (χ4n) is 3.23. The summed E-state index contributed by atoms with van der Waals surface area (Å²) in [5.74, 6) is 0.216. The highest BCUT2D eigenvalue weighted by Crippen LogP contribution is 2.27. The van der Waals surface area contributed by atoms with Crippen molar-refractivity contribution in [2.45, 2.75) is 32.0 Å². The van der Waals surface area contributed by atoms with Crippen molar-refractivity contribution < 1.29 is 14.2 Å². The third kappa shape index (κ3) is 4.41. The van der Waals surface area contributed by atoms with E-state index in [0.29, 0.717) is 18.0 Å². The minimum Gasteiger partial charge on any atom is -0.392 e. The van der Waals surface area contributed by atoms with Gasteiger partial charge in [-0.3, -0.25) is 0 Å². The molecule has 2 unspecified atom stereocenters. The van der Waals surface area contributed by atoms with Crippen molar-refractivity contribution in [1.82, 2.24) is 5.32 Å². The molecule has 1 aliphatic heterocycles. The van der Waals surface area contributed by atoms with Crippen LogP contribution in [-0.2, 0) is 17.9 Å². The molecule has 0 amide bonds. The summed E-state index contributed by atoms with van der Waals surface area (Å²) >= 11 is 0. The molecular formula is C20H24FNO2. The van der Waals surface area contributed by atoms with Crippen molar-refractivity contribution in [3.05, 3.63) is 71.0 Å². The standard InChI is InChI=1S/C20H24FNO2/c21-19-7-6-15(10-18(19)13-23)12-22-20(11-16-8-9-24-14-16)17-4-2-1-3-5-17/h1-7,10,16,20,22-23H,8-9,11-14H2. The average molecular weight is 329 g/mol. The van der Waals surface area contributed by atoms with Crippen molar-refractivity contribution in [2.24, 2.45) is 5.92 Å². The van der Waals surface area contributed by atoms with Gasteiger partial charge in [-0.25, -0.2) is 4.39 Å². The largest absolute Gasteiger partial charge is 0.392 e. The molecule has 2 aromatic carbocycles. The van der Waals surface area contributed by atoms with E-state index >= 15 is 0 Å². The van der Waals surface area contributed by atoms with E-state index in [1.807, 2.05) is 6.07 Å². The van der Waals surface area contributed by atoms with Gasteiger partial charge in [-0.2, -0.15) is 0 Å². The zero-order valence-corrected chi connectivity index (χ0v) is 13.7. The number of aliphatic hydroxyl groups is 1. The maximum atomic E-state index is 13.5. The quantitative estimate of drug-likeness (QED) is 0.816. The Labute approximate surface area is 142 Å². The van der Waals surface area contributed by atoms with E-state index in [1.54, 1.807) is 12.1 Å². The van der Waals surface area contributed by atoms with E-state index < -0.39 is 0 Å². The van der Waals surface area contributed by atoms with Crippen LogP contribution in [0.15, 0.2) is 48.5 Å². The summed E-state index contributed by atoms with van der Waals surface area (Å²) in [5, 5.41) is 12.8. The molecule has 2 aromatic rings. The Balaban J connectivity index is 1.69. The van der Waals surface area contributed by atoms with Gasteiger partial charge in [0.05, 0.1) is 6.61 Å². The van der Waals surface area contributed by atoms with Crippen LogP contribution in [0.3, 0.4) is 0 Å². The molecule has 1 aliphatic rings. The van der Waals surface area contributed by atoms with Gasteiger partial charge in [0.25, 0.3) is 0 Å². The summed E-state index contributed by atoms with van der Waals surface area (Å²) in [6, 6.07) is 15.5. The smallest absolute Gasteiger partial charge is 0.128 e. The van der Waals surface area contributed by atoms with Gasteiger partial charge in [-0.15, -0.1) is 0 Å². The molecule has 3 rings (SSSR count). The van der Waals surface area contributed by atoms with Crippen molar-refractivity contribution in [3.63, 3.8) is 0 Å². The Morgan fingerprint density at radius 3 is 2.75 bits per heavy atom. The van der Waals surface area contributed by atoms with Gasteiger partial charge in [0.2, 0.25) is 0 Å². The molecule has 1 saturated heterocycles. The van der Waals surface area contributed by atoms with Crippen molar-refractivity contribution >= 4 is 0 Å². The second kappa shape index (κ2) is 8.38. The van der Waals surface area contributed by atoms with Crippen LogP contribution in [0.5, 0.6) is 0 Å². The SMILES string of the molecule is OCc1cc(CNC(CC2CCOC2)c2ccccc2)ccc1F. The molecule has 4 heteroatoms. The molecule has 0 spiro atoms. The van der Waals surface area contributed by atoms with Crippen molar-refractivity contribution in [2.75, 3.05) is 13.2 Å². The Bertz CT molecular complexity index is 641. The van der Waals surface area contributed by atoms with E-state index in [2.05, 4.69) is 29.6 Å². The van der Waals surface area contributed by atoms with Crippen molar-refractivity contribution in [1.29, 1.82) is 0 Å². The topological polar surface area (TPSA) is 41.5 Å².